The lowest BCUT2D eigenvalue weighted by atomic mass is 9.99. The van der Waals surface area contributed by atoms with Crippen molar-refractivity contribution in [2.75, 3.05) is 12.4 Å². The molecule has 1 saturated carbocycles. The SMILES string of the molecule is COc1ncnc(NC(C)(C)C2CC2)c1[N+](=O)[O-]. The van der Waals surface area contributed by atoms with Gasteiger partial charge in [0.2, 0.25) is 5.82 Å². The number of nitrogens with one attached hydrogen (secondary N) is 1. The Balaban J connectivity index is 2.34. The Labute approximate surface area is 105 Å². The second kappa shape index (κ2) is 4.40. The van der Waals surface area contributed by atoms with E-state index in [1.807, 2.05) is 13.8 Å². The number of aromatic nitrogens is 2. The third kappa shape index (κ3) is 2.34. The van der Waals surface area contributed by atoms with Crippen LogP contribution in [0.2, 0.25) is 0 Å². The van der Waals surface area contributed by atoms with Crippen LogP contribution in [0.4, 0.5) is 11.5 Å². The van der Waals surface area contributed by atoms with E-state index < -0.39 is 4.92 Å². The van der Waals surface area contributed by atoms with E-state index in [2.05, 4.69) is 15.3 Å². The van der Waals surface area contributed by atoms with Crippen molar-refractivity contribution in [1.29, 1.82) is 0 Å². The van der Waals surface area contributed by atoms with Gasteiger partial charge in [0.05, 0.1) is 12.0 Å². The fraction of sp³-hybridized carbons (Fsp3) is 0.636. The van der Waals surface area contributed by atoms with E-state index in [0.717, 1.165) is 12.8 Å². The Hall–Kier alpha value is -1.92. The van der Waals surface area contributed by atoms with Crippen molar-refractivity contribution in [1.82, 2.24) is 9.97 Å². The van der Waals surface area contributed by atoms with Crippen LogP contribution < -0.4 is 10.1 Å². The number of hydrogen-bond acceptors (Lipinski definition) is 6. The molecule has 0 amide bonds. The maximum absolute atomic E-state index is 11.1. The molecule has 1 aliphatic rings. The van der Waals surface area contributed by atoms with E-state index in [-0.39, 0.29) is 22.9 Å². The maximum atomic E-state index is 11.1. The minimum atomic E-state index is -0.524. The molecule has 1 aromatic rings. The highest BCUT2D eigenvalue weighted by Gasteiger charge is 2.39. The zero-order valence-electron chi connectivity index (χ0n) is 10.6. The molecule has 18 heavy (non-hydrogen) atoms. The van der Waals surface area contributed by atoms with Gasteiger partial charge >= 0.3 is 5.69 Å². The molecule has 1 heterocycles. The lowest BCUT2D eigenvalue weighted by Crippen LogP contribution is -2.34. The second-order valence-corrected chi connectivity index (χ2v) is 4.96. The van der Waals surface area contributed by atoms with Gasteiger partial charge in [-0.3, -0.25) is 10.1 Å². The molecule has 7 heteroatoms. The molecule has 0 aliphatic heterocycles. The molecule has 98 valence electrons. The summed E-state index contributed by atoms with van der Waals surface area (Å²) in [6, 6.07) is 0. The summed E-state index contributed by atoms with van der Waals surface area (Å²) in [7, 11) is 1.35. The normalized spacial score (nSPS) is 15.3. The molecule has 1 fully saturated rings. The molecule has 0 radical (unpaired) electrons. The van der Waals surface area contributed by atoms with Gasteiger partial charge in [0, 0.05) is 5.54 Å². The van der Waals surface area contributed by atoms with Gasteiger partial charge in [-0.25, -0.2) is 4.98 Å². The van der Waals surface area contributed by atoms with Gasteiger partial charge in [0.1, 0.15) is 6.33 Å². The van der Waals surface area contributed by atoms with E-state index in [0.29, 0.717) is 5.92 Å². The fourth-order valence-corrected chi connectivity index (χ4v) is 1.98. The number of nitrogens with zero attached hydrogens (tertiary/aromatic N) is 3. The molecular formula is C11H16N4O3. The van der Waals surface area contributed by atoms with E-state index >= 15 is 0 Å². The largest absolute Gasteiger partial charge is 0.476 e. The van der Waals surface area contributed by atoms with Gasteiger partial charge in [-0.05, 0) is 32.6 Å². The first kappa shape index (κ1) is 12.5. The summed E-state index contributed by atoms with van der Waals surface area (Å²) in [6.07, 6.45) is 3.53. The summed E-state index contributed by atoms with van der Waals surface area (Å²) in [4.78, 5) is 18.3. The molecule has 7 nitrogen and oxygen atoms in total. The summed E-state index contributed by atoms with van der Waals surface area (Å²) >= 11 is 0. The van der Waals surface area contributed by atoms with Crippen molar-refractivity contribution in [3.05, 3.63) is 16.4 Å². The zero-order valence-corrected chi connectivity index (χ0v) is 10.6. The van der Waals surface area contributed by atoms with Gasteiger partial charge < -0.3 is 10.1 Å². The Morgan fingerprint density at radius 2 is 2.17 bits per heavy atom. The monoisotopic (exact) mass is 252 g/mol. The summed E-state index contributed by atoms with van der Waals surface area (Å²) in [5, 5.41) is 14.2. The average Bonchev–Trinajstić information content (AvgIpc) is 3.11. The molecule has 0 spiro atoms. The topological polar surface area (TPSA) is 90.2 Å². The summed E-state index contributed by atoms with van der Waals surface area (Å²) in [5.41, 5.74) is -0.432. The number of methoxy groups -OCH3 is 1. The van der Waals surface area contributed by atoms with E-state index in [1.165, 1.54) is 13.4 Å². The molecule has 0 aromatic carbocycles. The Morgan fingerprint density at radius 3 is 2.67 bits per heavy atom. The predicted octanol–water partition coefficient (Wildman–Crippen LogP) is 1.99. The van der Waals surface area contributed by atoms with Crippen LogP contribution >= 0.6 is 0 Å². The molecular weight excluding hydrogens is 236 g/mol. The highest BCUT2D eigenvalue weighted by molar-refractivity contribution is 5.62. The molecule has 1 aliphatic carbocycles. The first-order valence-electron chi connectivity index (χ1n) is 5.77. The fourth-order valence-electron chi connectivity index (χ4n) is 1.98. The first-order valence-corrected chi connectivity index (χ1v) is 5.77. The molecule has 2 rings (SSSR count). The highest BCUT2D eigenvalue weighted by atomic mass is 16.6. The highest BCUT2D eigenvalue weighted by Crippen LogP contribution is 2.42. The van der Waals surface area contributed by atoms with E-state index in [4.69, 9.17) is 4.74 Å². The zero-order chi connectivity index (χ0) is 13.3. The minimum Gasteiger partial charge on any atom is -0.476 e. The third-order valence-corrected chi connectivity index (χ3v) is 3.20. The van der Waals surface area contributed by atoms with Crippen molar-refractivity contribution in [3.8, 4) is 5.88 Å². The summed E-state index contributed by atoms with van der Waals surface area (Å²) in [5.74, 6) is 0.714. The van der Waals surface area contributed by atoms with Gasteiger partial charge in [-0.1, -0.05) is 0 Å². The second-order valence-electron chi connectivity index (χ2n) is 4.96. The number of nitro groups is 1. The first-order chi connectivity index (χ1) is 8.45. The summed E-state index contributed by atoms with van der Waals surface area (Å²) < 4.78 is 4.91. The molecule has 0 unspecified atom stereocenters. The minimum absolute atomic E-state index is 0.0240. The number of rotatable bonds is 5. The van der Waals surface area contributed by atoms with Crippen molar-refractivity contribution < 1.29 is 9.66 Å². The van der Waals surface area contributed by atoms with Crippen LogP contribution in [-0.4, -0.2) is 27.5 Å². The quantitative estimate of drug-likeness (QED) is 0.636. The van der Waals surface area contributed by atoms with Gasteiger partial charge in [0.15, 0.2) is 0 Å². The Morgan fingerprint density at radius 1 is 1.50 bits per heavy atom. The van der Waals surface area contributed by atoms with Gasteiger partial charge in [0.25, 0.3) is 5.88 Å². The molecule has 1 aromatic heterocycles. The molecule has 0 bridgehead atoms. The number of anilines is 1. The molecule has 0 saturated heterocycles. The van der Waals surface area contributed by atoms with Crippen molar-refractivity contribution >= 4 is 11.5 Å². The predicted molar refractivity (Wildman–Crippen MR) is 65.7 cm³/mol. The Kier molecular flexibility index (Phi) is 3.06. The molecule has 1 N–H and O–H groups in total. The maximum Gasteiger partial charge on any atom is 0.372 e. The third-order valence-electron chi connectivity index (χ3n) is 3.20. The lowest BCUT2D eigenvalue weighted by molar-refractivity contribution is -0.385. The van der Waals surface area contributed by atoms with Crippen LogP contribution in [-0.2, 0) is 0 Å². The van der Waals surface area contributed by atoms with E-state index in [9.17, 15) is 10.1 Å². The number of hydrogen-bond donors (Lipinski definition) is 1. The Bertz CT molecular complexity index is 471. The average molecular weight is 252 g/mol. The van der Waals surface area contributed by atoms with E-state index in [1.54, 1.807) is 0 Å². The lowest BCUT2D eigenvalue weighted by Gasteiger charge is -2.26. The van der Waals surface area contributed by atoms with Crippen LogP contribution in [0.15, 0.2) is 6.33 Å². The van der Waals surface area contributed by atoms with Crippen LogP contribution in [0.1, 0.15) is 26.7 Å². The van der Waals surface area contributed by atoms with Crippen molar-refractivity contribution in [2.45, 2.75) is 32.2 Å². The molecule has 0 atom stereocenters. The van der Waals surface area contributed by atoms with Crippen LogP contribution in [0.5, 0.6) is 5.88 Å². The summed E-state index contributed by atoms with van der Waals surface area (Å²) in [6.45, 7) is 4.03. The smallest absolute Gasteiger partial charge is 0.372 e. The number of ether oxygens (including phenoxy) is 1. The van der Waals surface area contributed by atoms with Gasteiger partial charge in [-0.15, -0.1) is 0 Å². The van der Waals surface area contributed by atoms with Crippen molar-refractivity contribution in [3.63, 3.8) is 0 Å². The van der Waals surface area contributed by atoms with Crippen LogP contribution in [0, 0.1) is 16.0 Å². The van der Waals surface area contributed by atoms with Gasteiger partial charge in [-0.2, -0.15) is 4.98 Å². The van der Waals surface area contributed by atoms with Crippen molar-refractivity contribution in [2.24, 2.45) is 5.92 Å². The standard InChI is InChI=1S/C11H16N4O3/c1-11(2,7-4-5-7)14-9-8(15(16)17)10(18-3)13-6-12-9/h6-7H,4-5H2,1-3H3,(H,12,13,14). The van der Waals surface area contributed by atoms with Crippen LogP contribution in [0.3, 0.4) is 0 Å². The van der Waals surface area contributed by atoms with Crippen LogP contribution in [0.25, 0.3) is 0 Å².